The summed E-state index contributed by atoms with van der Waals surface area (Å²) in [5, 5.41) is -0.103. The summed E-state index contributed by atoms with van der Waals surface area (Å²) >= 11 is 16.3. The van der Waals surface area contributed by atoms with Gasteiger partial charge in [-0.25, -0.2) is 0 Å². The van der Waals surface area contributed by atoms with Gasteiger partial charge >= 0.3 is 19.5 Å². The second kappa shape index (κ2) is 16.9. The van der Waals surface area contributed by atoms with E-state index in [0.29, 0.717) is 0 Å². The van der Waals surface area contributed by atoms with Crippen molar-refractivity contribution >= 4 is 42.5 Å². The van der Waals surface area contributed by atoms with Gasteiger partial charge in [-0.2, -0.15) is 0 Å². The fourth-order valence-electron chi connectivity index (χ4n) is 10.0. The van der Waals surface area contributed by atoms with Crippen molar-refractivity contribution in [1.82, 2.24) is 0 Å². The first-order valence-electron chi connectivity index (χ1n) is 19.3. The number of alkyl halides is 2. The zero-order chi connectivity index (χ0) is 35.0. The molecule has 2 unspecified atom stereocenters. The molecule has 1 aliphatic heterocycles. The summed E-state index contributed by atoms with van der Waals surface area (Å²) in [6.07, 6.45) is 20.3. The first-order chi connectivity index (χ1) is 23.4. The van der Waals surface area contributed by atoms with Gasteiger partial charge < -0.3 is 9.80 Å². The minimum atomic E-state index is -0.460. The van der Waals surface area contributed by atoms with Gasteiger partial charge in [0.25, 0.3) is 0 Å². The van der Waals surface area contributed by atoms with Gasteiger partial charge in [-0.3, -0.25) is 0 Å². The first kappa shape index (κ1) is 40.1. The van der Waals surface area contributed by atoms with Gasteiger partial charge in [-0.05, 0) is 133 Å². The van der Waals surface area contributed by atoms with E-state index in [1.807, 2.05) is 0 Å². The van der Waals surface area contributed by atoms with Crippen molar-refractivity contribution in [2.75, 3.05) is 22.9 Å². The maximum absolute atomic E-state index is 8.55. The topological polar surface area (TPSA) is 6.48 Å². The second-order valence-electron chi connectivity index (χ2n) is 16.1. The van der Waals surface area contributed by atoms with Crippen LogP contribution in [0.3, 0.4) is 0 Å². The Morgan fingerprint density at radius 3 is 1.52 bits per heavy atom. The number of benzene rings is 2. The van der Waals surface area contributed by atoms with Crippen molar-refractivity contribution in [3.8, 4) is 0 Å². The maximum atomic E-state index is 8.55. The number of hydrogen-bond donors (Lipinski definition) is 0. The van der Waals surface area contributed by atoms with Gasteiger partial charge in [0.15, 0.2) is 0 Å². The van der Waals surface area contributed by atoms with E-state index in [4.69, 9.17) is 23.2 Å². The quantitative estimate of drug-likeness (QED) is 0.163. The summed E-state index contributed by atoms with van der Waals surface area (Å²) in [6.45, 7) is 19.9. The van der Waals surface area contributed by atoms with Crippen LogP contribution in [0.5, 0.6) is 0 Å². The van der Waals surface area contributed by atoms with Crippen LogP contribution < -0.4 is 9.80 Å². The van der Waals surface area contributed by atoms with Crippen LogP contribution in [-0.4, -0.2) is 34.4 Å². The van der Waals surface area contributed by atoms with Crippen LogP contribution in [0.2, 0.25) is 0 Å². The normalized spacial score (nSPS) is 24.7. The van der Waals surface area contributed by atoms with Crippen LogP contribution in [0.15, 0.2) is 59.0 Å². The minimum Gasteiger partial charge on any atom is -0.325 e. The van der Waals surface area contributed by atoms with E-state index in [1.165, 1.54) is 132 Å². The zero-order valence-corrected chi connectivity index (χ0v) is 36.2. The molecule has 1 saturated heterocycles. The average Bonchev–Trinajstić information content (AvgIpc) is 3.44. The molecule has 1 heterocycles. The summed E-state index contributed by atoms with van der Waals surface area (Å²) in [5.74, 6) is 1.27. The zero-order valence-electron chi connectivity index (χ0n) is 32.0. The van der Waals surface area contributed by atoms with Gasteiger partial charge in [0.2, 0.25) is 0 Å². The number of anilines is 2. The number of aryl methyl sites for hydroxylation is 6. The molecule has 2 atom stereocenters. The summed E-state index contributed by atoms with van der Waals surface area (Å²) < 4.78 is -0.381. The fourth-order valence-corrected chi connectivity index (χ4v) is 15.9. The Balaban J connectivity index is 0.00000486. The second-order valence-corrected chi connectivity index (χ2v) is 20.6. The average molecular weight is 821 g/mol. The van der Waals surface area contributed by atoms with Gasteiger partial charge in [-0.15, -0.1) is 23.2 Å². The molecule has 6 heteroatoms. The molecule has 2 aromatic rings. The van der Waals surface area contributed by atoms with E-state index in [1.54, 1.807) is 0 Å². The summed E-state index contributed by atoms with van der Waals surface area (Å²) in [4.78, 5) is 5.27. The third-order valence-electron chi connectivity index (χ3n) is 11.8. The van der Waals surface area contributed by atoms with Crippen molar-refractivity contribution in [2.45, 2.75) is 154 Å². The van der Waals surface area contributed by atoms with E-state index < -0.39 is 7.92 Å². The Morgan fingerprint density at radius 2 is 1.12 bits per heavy atom. The molecule has 50 heavy (non-hydrogen) atoms. The van der Waals surface area contributed by atoms with Crippen LogP contribution in [-0.2, 0) is 19.5 Å². The van der Waals surface area contributed by atoms with E-state index in [2.05, 4.69) is 102 Å². The molecule has 0 bridgehead atoms. The van der Waals surface area contributed by atoms with Gasteiger partial charge in [0.05, 0.1) is 9.99 Å². The van der Waals surface area contributed by atoms with Crippen LogP contribution in [0.25, 0.3) is 0 Å². The molecular weight excluding hydrogens is 759 g/mol. The Labute approximate surface area is 329 Å². The van der Waals surface area contributed by atoms with Crippen molar-refractivity contribution in [3.63, 3.8) is 0 Å². The molecular formula is C44H61Cl2N2PRu+2. The summed E-state index contributed by atoms with van der Waals surface area (Å²) in [5.41, 5.74) is 16.0. The van der Waals surface area contributed by atoms with E-state index >= 15 is 0 Å². The third kappa shape index (κ3) is 8.03. The monoisotopic (exact) mass is 820 g/mol. The molecule has 2 nitrogen and oxygen atoms in total. The van der Waals surface area contributed by atoms with Crippen molar-refractivity contribution in [3.05, 3.63) is 92.3 Å². The van der Waals surface area contributed by atoms with Crippen LogP contribution in [0.4, 0.5) is 11.4 Å². The molecule has 0 amide bonds. The van der Waals surface area contributed by atoms with E-state index in [-0.39, 0.29) is 29.5 Å². The summed E-state index contributed by atoms with van der Waals surface area (Å²) in [7, 11) is -0.460. The molecule has 3 aliphatic carbocycles. The Bertz CT molecular complexity index is 1500. The standard InChI is InChI=1S/C44H61Cl2N2P.Ru/c1-29(2)19-20-38-40(39(45)21-22-44(38,46)49(36-15-11-9-12-16-36)37-17-13-10-14-18-37)43-47(41-32(5)25-30(3)26-33(41)6)23-24-48(43)42-34(7)27-31(4)28-35(42)8;/h19-20,25-28,36-37,39H,9-18,21-24H2,1-8H3;/q;+2. The number of rotatable bonds is 6. The SMILES string of the molecule is CC(C)=CC=C1C(=C2N(c3c(C)cc(C)cc3C)CCN2c2c(C)cc(C)cc2C)C(Cl)CCC1(Cl)P(C1CCCCC1)C1CCCCC1.[Ru+2]. The third-order valence-corrected chi connectivity index (χ3v) is 17.1. The molecule has 4 fully saturated rings. The van der Waals surface area contributed by atoms with Crippen molar-refractivity contribution < 1.29 is 19.5 Å². The van der Waals surface area contributed by atoms with Crippen LogP contribution in [0.1, 0.15) is 124 Å². The summed E-state index contributed by atoms with van der Waals surface area (Å²) in [6, 6.07) is 9.41. The minimum absolute atomic E-state index is 0. The fraction of sp³-hybridized carbons (Fsp3) is 0.591. The number of allylic oxidation sites excluding steroid dienone is 5. The molecule has 2 aromatic carbocycles. The molecule has 0 radical (unpaired) electrons. The van der Waals surface area contributed by atoms with Crippen molar-refractivity contribution in [2.24, 2.45) is 0 Å². The van der Waals surface area contributed by atoms with Gasteiger partial charge in [0.1, 0.15) is 5.82 Å². The number of hydrogen-bond acceptors (Lipinski definition) is 2. The molecule has 0 spiro atoms. The van der Waals surface area contributed by atoms with Gasteiger partial charge in [0, 0.05) is 30.0 Å². The van der Waals surface area contributed by atoms with E-state index in [9.17, 15) is 0 Å². The largest absolute Gasteiger partial charge is 2.00 e. The molecule has 3 saturated carbocycles. The predicted molar refractivity (Wildman–Crippen MR) is 219 cm³/mol. The number of halogens is 2. The Kier molecular flexibility index (Phi) is 13.6. The molecule has 0 N–H and O–H groups in total. The molecule has 272 valence electrons. The van der Waals surface area contributed by atoms with Gasteiger partial charge in [-0.1, -0.05) is 99.6 Å². The predicted octanol–water partition coefficient (Wildman–Crippen LogP) is 13.4. The molecule has 6 rings (SSSR count). The van der Waals surface area contributed by atoms with Crippen molar-refractivity contribution in [1.29, 1.82) is 0 Å². The van der Waals surface area contributed by atoms with Crippen LogP contribution >= 0.6 is 31.1 Å². The number of nitrogens with zero attached hydrogens (tertiary/aromatic N) is 2. The Morgan fingerprint density at radius 1 is 0.700 bits per heavy atom. The smallest absolute Gasteiger partial charge is 0.325 e. The maximum Gasteiger partial charge on any atom is 2.00 e. The van der Waals surface area contributed by atoms with Crippen LogP contribution in [0, 0.1) is 41.5 Å². The van der Waals surface area contributed by atoms with E-state index in [0.717, 1.165) is 37.2 Å². The molecule has 0 aromatic heterocycles. The first-order valence-corrected chi connectivity index (χ1v) is 21.6. The Hall–Kier alpha value is -1.11. The molecule has 4 aliphatic rings.